The number of ketones is 1. The Morgan fingerprint density at radius 1 is 0.750 bits per heavy atom. The molecule has 2 atom stereocenters. The Kier molecular flexibility index (Phi) is 12.1. The number of carbonyl (C=O) groups excluding carboxylic acids is 3. The third-order valence-electron chi connectivity index (χ3n) is 3.84. The van der Waals surface area contributed by atoms with Crippen molar-refractivity contribution >= 4 is 17.6 Å². The van der Waals surface area contributed by atoms with Gasteiger partial charge in [0, 0.05) is 31.8 Å². The van der Waals surface area contributed by atoms with Gasteiger partial charge in [0.05, 0.1) is 0 Å². The number of Topliss-reactive ketones (excluding diaryl/α,β-unsaturated/α-hetero) is 1. The fourth-order valence-electron chi connectivity index (χ4n) is 2.37. The summed E-state index contributed by atoms with van der Waals surface area (Å²) in [4.78, 5) is 35.7. The number of rotatable bonds is 13. The monoisotopic (exact) mass is 342 g/mol. The standard InChI is InChI=1S/C17H34N4O3/c1-12(8-18-4)10-20-16(23)6-15(14(3)22)7-17(24)21-11-13(2)9-19-5/h12-13,15,18-19H,6-11H2,1-5H3,(H,20,23)(H,21,24). The van der Waals surface area contributed by atoms with Crippen LogP contribution in [0.4, 0.5) is 0 Å². The molecule has 0 rings (SSSR count). The summed E-state index contributed by atoms with van der Waals surface area (Å²) >= 11 is 0. The molecule has 0 saturated carbocycles. The fourth-order valence-corrected chi connectivity index (χ4v) is 2.37. The van der Waals surface area contributed by atoms with Crippen LogP contribution in [0.5, 0.6) is 0 Å². The van der Waals surface area contributed by atoms with Gasteiger partial charge in [0.1, 0.15) is 5.78 Å². The van der Waals surface area contributed by atoms with Crippen LogP contribution in [-0.4, -0.2) is 57.9 Å². The molecule has 140 valence electrons. The van der Waals surface area contributed by atoms with Gasteiger partial charge in [-0.25, -0.2) is 0 Å². The maximum atomic E-state index is 12.0. The van der Waals surface area contributed by atoms with E-state index in [0.29, 0.717) is 24.9 Å². The number of hydrogen-bond donors (Lipinski definition) is 4. The first-order valence-electron chi connectivity index (χ1n) is 8.63. The first-order chi connectivity index (χ1) is 11.3. The Labute approximate surface area is 145 Å². The van der Waals surface area contributed by atoms with Gasteiger partial charge in [-0.2, -0.15) is 0 Å². The maximum Gasteiger partial charge on any atom is 0.220 e. The van der Waals surface area contributed by atoms with Crippen molar-refractivity contribution in [3.63, 3.8) is 0 Å². The van der Waals surface area contributed by atoms with E-state index in [-0.39, 0.29) is 30.4 Å². The van der Waals surface area contributed by atoms with Crippen molar-refractivity contribution < 1.29 is 14.4 Å². The highest BCUT2D eigenvalue weighted by Crippen LogP contribution is 2.10. The highest BCUT2D eigenvalue weighted by atomic mass is 16.2. The van der Waals surface area contributed by atoms with Gasteiger partial charge < -0.3 is 21.3 Å². The van der Waals surface area contributed by atoms with Gasteiger partial charge in [0.2, 0.25) is 11.8 Å². The topological polar surface area (TPSA) is 99.3 Å². The first kappa shape index (κ1) is 22.5. The summed E-state index contributed by atoms with van der Waals surface area (Å²) in [6, 6.07) is 0. The Hall–Kier alpha value is -1.47. The first-order valence-corrected chi connectivity index (χ1v) is 8.63. The zero-order valence-electron chi connectivity index (χ0n) is 15.7. The van der Waals surface area contributed by atoms with Gasteiger partial charge in [-0.3, -0.25) is 14.4 Å². The Bertz CT molecular complexity index is 371. The Balaban J connectivity index is 4.27. The molecule has 2 amide bonds. The molecule has 7 nitrogen and oxygen atoms in total. The van der Waals surface area contributed by atoms with E-state index in [9.17, 15) is 14.4 Å². The lowest BCUT2D eigenvalue weighted by Gasteiger charge is -2.17. The van der Waals surface area contributed by atoms with Crippen molar-refractivity contribution in [3.05, 3.63) is 0 Å². The van der Waals surface area contributed by atoms with Crippen molar-refractivity contribution in [2.24, 2.45) is 17.8 Å². The van der Waals surface area contributed by atoms with E-state index in [4.69, 9.17) is 0 Å². The van der Waals surface area contributed by atoms with E-state index in [1.807, 2.05) is 27.9 Å². The normalized spacial score (nSPS) is 14.5. The van der Waals surface area contributed by atoms with Gasteiger partial charge >= 0.3 is 0 Å². The minimum absolute atomic E-state index is 0.0566. The van der Waals surface area contributed by atoms with E-state index >= 15 is 0 Å². The highest BCUT2D eigenvalue weighted by Gasteiger charge is 2.22. The van der Waals surface area contributed by atoms with Crippen LogP contribution in [-0.2, 0) is 14.4 Å². The average Bonchev–Trinajstić information content (AvgIpc) is 2.51. The lowest BCUT2D eigenvalue weighted by atomic mass is 9.96. The molecule has 0 aliphatic heterocycles. The molecule has 0 aromatic heterocycles. The number of nitrogens with one attached hydrogen (secondary N) is 4. The summed E-state index contributed by atoms with van der Waals surface area (Å²) in [6.07, 6.45) is 0.113. The molecule has 0 heterocycles. The molecule has 0 aliphatic carbocycles. The third-order valence-corrected chi connectivity index (χ3v) is 3.84. The van der Waals surface area contributed by atoms with E-state index < -0.39 is 5.92 Å². The maximum absolute atomic E-state index is 12.0. The molecule has 0 aromatic rings. The summed E-state index contributed by atoms with van der Waals surface area (Å²) in [5.41, 5.74) is 0. The van der Waals surface area contributed by atoms with Crippen LogP contribution in [0, 0.1) is 17.8 Å². The van der Waals surface area contributed by atoms with Crippen LogP contribution >= 0.6 is 0 Å². The molecule has 0 spiro atoms. The summed E-state index contributed by atoms with van der Waals surface area (Å²) < 4.78 is 0. The predicted octanol–water partition coefficient (Wildman–Crippen LogP) is -0.0848. The molecule has 7 heteroatoms. The summed E-state index contributed by atoms with van der Waals surface area (Å²) in [5.74, 6) is -0.446. The lowest BCUT2D eigenvalue weighted by molar-refractivity contribution is -0.131. The van der Waals surface area contributed by atoms with Gasteiger partial charge in [0.25, 0.3) is 0 Å². The third kappa shape index (κ3) is 11.1. The van der Waals surface area contributed by atoms with Crippen molar-refractivity contribution in [1.29, 1.82) is 0 Å². The largest absolute Gasteiger partial charge is 0.356 e. The van der Waals surface area contributed by atoms with Crippen LogP contribution < -0.4 is 21.3 Å². The molecule has 0 radical (unpaired) electrons. The van der Waals surface area contributed by atoms with Crippen LogP contribution in [0.1, 0.15) is 33.6 Å². The van der Waals surface area contributed by atoms with Crippen molar-refractivity contribution in [2.75, 3.05) is 40.3 Å². The van der Waals surface area contributed by atoms with Gasteiger partial charge in [0.15, 0.2) is 0 Å². The molecule has 0 aliphatic rings. The minimum atomic E-state index is -0.566. The lowest BCUT2D eigenvalue weighted by Crippen LogP contribution is -2.36. The van der Waals surface area contributed by atoms with Crippen molar-refractivity contribution in [2.45, 2.75) is 33.6 Å². The van der Waals surface area contributed by atoms with E-state index in [1.54, 1.807) is 0 Å². The van der Waals surface area contributed by atoms with Gasteiger partial charge in [-0.05, 0) is 45.9 Å². The zero-order valence-corrected chi connectivity index (χ0v) is 15.7. The molecule has 0 saturated heterocycles. The van der Waals surface area contributed by atoms with Crippen LogP contribution in [0.2, 0.25) is 0 Å². The van der Waals surface area contributed by atoms with Crippen molar-refractivity contribution in [1.82, 2.24) is 21.3 Å². The van der Waals surface area contributed by atoms with Gasteiger partial charge in [-0.15, -0.1) is 0 Å². The summed E-state index contributed by atoms with van der Waals surface area (Å²) in [6.45, 7) is 8.21. The molecule has 2 unspecified atom stereocenters. The smallest absolute Gasteiger partial charge is 0.220 e. The molecular weight excluding hydrogens is 308 g/mol. The van der Waals surface area contributed by atoms with Crippen LogP contribution in [0.3, 0.4) is 0 Å². The second-order valence-electron chi connectivity index (χ2n) is 6.65. The van der Waals surface area contributed by atoms with E-state index in [2.05, 4.69) is 21.3 Å². The molecule has 24 heavy (non-hydrogen) atoms. The van der Waals surface area contributed by atoms with Gasteiger partial charge in [-0.1, -0.05) is 13.8 Å². The second kappa shape index (κ2) is 12.9. The number of amides is 2. The average molecular weight is 342 g/mol. The second-order valence-corrected chi connectivity index (χ2v) is 6.65. The molecular formula is C17H34N4O3. The summed E-state index contributed by atoms with van der Waals surface area (Å²) in [5, 5.41) is 11.7. The Morgan fingerprint density at radius 2 is 1.12 bits per heavy atom. The SMILES string of the molecule is CNCC(C)CNC(=O)CC(CC(=O)NCC(C)CNC)C(C)=O. The molecule has 0 fully saturated rings. The quantitative estimate of drug-likeness (QED) is 0.375. The summed E-state index contributed by atoms with van der Waals surface area (Å²) in [7, 11) is 3.72. The predicted molar refractivity (Wildman–Crippen MR) is 95.6 cm³/mol. The fraction of sp³-hybridized carbons (Fsp3) is 0.824. The van der Waals surface area contributed by atoms with Crippen LogP contribution in [0.25, 0.3) is 0 Å². The van der Waals surface area contributed by atoms with E-state index in [0.717, 1.165) is 13.1 Å². The zero-order chi connectivity index (χ0) is 18.5. The number of hydrogen-bond acceptors (Lipinski definition) is 5. The highest BCUT2D eigenvalue weighted by molar-refractivity contribution is 5.89. The van der Waals surface area contributed by atoms with E-state index in [1.165, 1.54) is 6.92 Å². The molecule has 4 N–H and O–H groups in total. The Morgan fingerprint density at radius 3 is 1.42 bits per heavy atom. The van der Waals surface area contributed by atoms with Crippen molar-refractivity contribution in [3.8, 4) is 0 Å². The minimum Gasteiger partial charge on any atom is -0.356 e. The molecule has 0 aromatic carbocycles. The molecule has 0 bridgehead atoms. The van der Waals surface area contributed by atoms with Crippen LogP contribution in [0.15, 0.2) is 0 Å². The number of carbonyl (C=O) groups is 3.